The van der Waals surface area contributed by atoms with E-state index in [2.05, 4.69) is 10.6 Å². The Morgan fingerprint density at radius 3 is 2.64 bits per heavy atom. The minimum atomic E-state index is -4.14. The molecule has 2 aliphatic heterocycles. The SMILES string of the molecule is Cc1cc(S(=O)(=O)N2C=CNC(=O)[C@H]2CC(=O)N[C@H]2CCCN(C(=O)O)CC2)c(C)cc1Cl. The first-order valence-electron chi connectivity index (χ1n) is 10.5. The van der Waals surface area contributed by atoms with Gasteiger partial charge in [-0.2, -0.15) is 0 Å². The number of amides is 3. The van der Waals surface area contributed by atoms with Gasteiger partial charge in [-0.25, -0.2) is 13.2 Å². The van der Waals surface area contributed by atoms with E-state index in [9.17, 15) is 22.8 Å². The zero-order valence-corrected chi connectivity index (χ0v) is 19.9. The molecule has 2 atom stereocenters. The minimum absolute atomic E-state index is 0.00619. The highest BCUT2D eigenvalue weighted by Crippen LogP contribution is 2.29. The number of carboxylic acid groups (broad SMARTS) is 1. The molecule has 1 aromatic carbocycles. The fraction of sp³-hybridized carbons (Fsp3) is 0.476. The van der Waals surface area contributed by atoms with Crippen LogP contribution in [0.4, 0.5) is 4.79 Å². The van der Waals surface area contributed by atoms with Crippen molar-refractivity contribution in [3.63, 3.8) is 0 Å². The molecule has 2 aliphatic rings. The fourth-order valence-corrected chi connectivity index (χ4v) is 5.94. The molecule has 0 radical (unpaired) electrons. The molecule has 1 saturated heterocycles. The van der Waals surface area contributed by atoms with E-state index in [-0.39, 0.29) is 17.4 Å². The van der Waals surface area contributed by atoms with Crippen LogP contribution in [0.15, 0.2) is 29.4 Å². The number of rotatable bonds is 5. The Balaban J connectivity index is 1.77. The normalized spacial score (nSPS) is 21.4. The number of benzene rings is 1. The summed E-state index contributed by atoms with van der Waals surface area (Å²) in [5.74, 6) is -1.10. The zero-order valence-electron chi connectivity index (χ0n) is 18.4. The maximum Gasteiger partial charge on any atom is 0.407 e. The highest BCUT2D eigenvalue weighted by Gasteiger charge is 2.38. The largest absolute Gasteiger partial charge is 0.465 e. The second-order valence-corrected chi connectivity index (χ2v) is 10.4. The van der Waals surface area contributed by atoms with E-state index in [1.54, 1.807) is 19.9 Å². The number of halogens is 1. The van der Waals surface area contributed by atoms with Gasteiger partial charge in [0.1, 0.15) is 6.04 Å². The number of hydrogen-bond donors (Lipinski definition) is 3. The Morgan fingerprint density at radius 1 is 1.21 bits per heavy atom. The lowest BCUT2D eigenvalue weighted by Crippen LogP contribution is -2.51. The van der Waals surface area contributed by atoms with Crippen molar-refractivity contribution < 1.29 is 27.9 Å². The molecular formula is C21H27ClN4O6S. The molecule has 3 amide bonds. The first-order valence-corrected chi connectivity index (χ1v) is 12.4. The summed E-state index contributed by atoms with van der Waals surface area (Å²) in [4.78, 5) is 37.8. The maximum absolute atomic E-state index is 13.4. The number of nitrogens with one attached hydrogen (secondary N) is 2. The zero-order chi connectivity index (χ0) is 24.3. The standard InChI is InChI=1S/C21H27ClN4O6S/c1-13-11-18(14(2)10-16(13)22)33(31,32)26-9-6-23-20(28)17(26)12-19(27)24-15-4-3-7-25(8-5-15)21(29)30/h6,9-11,15,17H,3-5,7-8,12H2,1-2H3,(H,23,28)(H,24,27)(H,29,30)/t15-,17+/m0/s1. The molecule has 10 nitrogen and oxygen atoms in total. The predicted molar refractivity (Wildman–Crippen MR) is 121 cm³/mol. The van der Waals surface area contributed by atoms with Crippen LogP contribution in [0.2, 0.25) is 5.02 Å². The van der Waals surface area contributed by atoms with E-state index >= 15 is 0 Å². The molecule has 3 rings (SSSR count). The molecule has 180 valence electrons. The first kappa shape index (κ1) is 24.8. The van der Waals surface area contributed by atoms with Crippen LogP contribution in [0, 0.1) is 13.8 Å². The van der Waals surface area contributed by atoms with Gasteiger partial charge in [0.15, 0.2) is 0 Å². The van der Waals surface area contributed by atoms with Crippen molar-refractivity contribution in [3.8, 4) is 0 Å². The highest BCUT2D eigenvalue weighted by atomic mass is 35.5. The molecule has 0 bridgehead atoms. The third-order valence-corrected chi connectivity index (χ3v) is 8.15. The Kier molecular flexibility index (Phi) is 7.53. The summed E-state index contributed by atoms with van der Waals surface area (Å²) in [6.45, 7) is 3.98. The molecule has 12 heteroatoms. The number of nitrogens with zero attached hydrogens (tertiary/aromatic N) is 2. The minimum Gasteiger partial charge on any atom is -0.465 e. The van der Waals surface area contributed by atoms with Crippen molar-refractivity contribution in [1.82, 2.24) is 19.8 Å². The van der Waals surface area contributed by atoms with E-state index in [1.165, 1.54) is 23.4 Å². The maximum atomic E-state index is 13.4. The average Bonchev–Trinajstić information content (AvgIpc) is 2.97. The summed E-state index contributed by atoms with van der Waals surface area (Å²) in [7, 11) is -4.14. The second kappa shape index (κ2) is 10.0. The van der Waals surface area contributed by atoms with Gasteiger partial charge < -0.3 is 20.6 Å². The molecule has 1 fully saturated rings. The monoisotopic (exact) mass is 498 g/mol. The fourth-order valence-electron chi connectivity index (χ4n) is 3.98. The predicted octanol–water partition coefficient (Wildman–Crippen LogP) is 1.96. The first-order chi connectivity index (χ1) is 15.5. The summed E-state index contributed by atoms with van der Waals surface area (Å²) in [5, 5.41) is 14.9. The van der Waals surface area contributed by atoms with E-state index < -0.39 is 34.0 Å². The Labute approximate surface area is 197 Å². The van der Waals surface area contributed by atoms with Crippen LogP contribution in [0.25, 0.3) is 0 Å². The lowest BCUT2D eigenvalue weighted by atomic mass is 10.1. The number of carbonyl (C=O) groups is 3. The van der Waals surface area contributed by atoms with Crippen LogP contribution in [0.3, 0.4) is 0 Å². The van der Waals surface area contributed by atoms with Gasteiger partial charge in [0, 0.05) is 36.6 Å². The lowest BCUT2D eigenvalue weighted by Gasteiger charge is -2.32. The molecule has 1 aromatic rings. The Bertz CT molecular complexity index is 1090. The smallest absolute Gasteiger partial charge is 0.407 e. The second-order valence-electron chi connectivity index (χ2n) is 8.21. The van der Waals surface area contributed by atoms with Crippen molar-refractivity contribution in [2.24, 2.45) is 0 Å². The molecular weight excluding hydrogens is 472 g/mol. The van der Waals surface area contributed by atoms with Crippen molar-refractivity contribution in [2.45, 2.75) is 56.5 Å². The van der Waals surface area contributed by atoms with Crippen LogP contribution in [-0.2, 0) is 19.6 Å². The van der Waals surface area contributed by atoms with Crippen LogP contribution in [-0.4, -0.2) is 65.8 Å². The van der Waals surface area contributed by atoms with Gasteiger partial charge in [0.25, 0.3) is 10.0 Å². The quantitative estimate of drug-likeness (QED) is 0.567. The van der Waals surface area contributed by atoms with Crippen molar-refractivity contribution in [3.05, 3.63) is 40.7 Å². The third kappa shape index (κ3) is 5.59. The summed E-state index contributed by atoms with van der Waals surface area (Å²) in [5.41, 5.74) is 0.999. The molecule has 0 unspecified atom stereocenters. The number of sulfonamides is 1. The van der Waals surface area contributed by atoms with E-state index in [0.717, 1.165) is 4.31 Å². The van der Waals surface area contributed by atoms with E-state index in [4.69, 9.17) is 16.7 Å². The molecule has 0 aliphatic carbocycles. The number of carbonyl (C=O) groups excluding carboxylic acids is 2. The van der Waals surface area contributed by atoms with Gasteiger partial charge in [-0.15, -0.1) is 0 Å². The van der Waals surface area contributed by atoms with Crippen LogP contribution in [0.1, 0.15) is 36.8 Å². The molecule has 0 spiro atoms. The third-order valence-electron chi connectivity index (χ3n) is 5.81. The van der Waals surface area contributed by atoms with Gasteiger partial charge in [0.05, 0.1) is 11.3 Å². The van der Waals surface area contributed by atoms with Crippen LogP contribution < -0.4 is 10.6 Å². The van der Waals surface area contributed by atoms with Crippen molar-refractivity contribution in [1.29, 1.82) is 0 Å². The summed E-state index contributed by atoms with van der Waals surface area (Å²) < 4.78 is 27.7. The Morgan fingerprint density at radius 2 is 1.94 bits per heavy atom. The molecule has 3 N–H and O–H groups in total. The molecule has 0 aromatic heterocycles. The molecule has 0 saturated carbocycles. The summed E-state index contributed by atoms with van der Waals surface area (Å²) >= 11 is 6.10. The van der Waals surface area contributed by atoms with Crippen molar-refractivity contribution >= 4 is 39.5 Å². The summed E-state index contributed by atoms with van der Waals surface area (Å²) in [6.07, 6.45) is 2.71. The van der Waals surface area contributed by atoms with Gasteiger partial charge in [-0.3, -0.25) is 13.9 Å². The number of hydrogen-bond acceptors (Lipinski definition) is 5. The van der Waals surface area contributed by atoms with Crippen LogP contribution >= 0.6 is 11.6 Å². The lowest BCUT2D eigenvalue weighted by molar-refractivity contribution is -0.129. The van der Waals surface area contributed by atoms with Gasteiger partial charge >= 0.3 is 6.09 Å². The topological polar surface area (TPSA) is 136 Å². The van der Waals surface area contributed by atoms with Gasteiger partial charge in [-0.05, 0) is 56.4 Å². The Hall–Kier alpha value is -2.79. The van der Waals surface area contributed by atoms with E-state index in [1.807, 2.05) is 0 Å². The highest BCUT2D eigenvalue weighted by molar-refractivity contribution is 7.89. The van der Waals surface area contributed by atoms with Crippen LogP contribution in [0.5, 0.6) is 0 Å². The molecule has 2 heterocycles. The number of aryl methyl sites for hydroxylation is 2. The number of likely N-dealkylation sites (tertiary alicyclic amines) is 1. The average molecular weight is 499 g/mol. The molecule has 33 heavy (non-hydrogen) atoms. The van der Waals surface area contributed by atoms with E-state index in [0.29, 0.717) is 48.5 Å². The van der Waals surface area contributed by atoms with Gasteiger partial charge in [-0.1, -0.05) is 11.6 Å². The van der Waals surface area contributed by atoms with Gasteiger partial charge in [0.2, 0.25) is 11.8 Å². The summed E-state index contributed by atoms with van der Waals surface area (Å²) in [6, 6.07) is 1.47. The van der Waals surface area contributed by atoms with Crippen molar-refractivity contribution in [2.75, 3.05) is 13.1 Å².